The maximum Gasteiger partial charge on any atom is 0.115 e. The van der Waals surface area contributed by atoms with Crippen molar-refractivity contribution in [1.29, 1.82) is 0 Å². The van der Waals surface area contributed by atoms with Gasteiger partial charge in [-0.15, -0.1) is 0 Å². The maximum atomic E-state index is 9.17. The summed E-state index contributed by atoms with van der Waals surface area (Å²) in [6, 6.07) is 10.8. The van der Waals surface area contributed by atoms with E-state index in [1.54, 1.807) is 0 Å². The van der Waals surface area contributed by atoms with E-state index in [4.69, 9.17) is 0 Å². The molecule has 0 spiro atoms. The number of phenols is 1. The molecule has 0 aromatic heterocycles. The molecule has 0 unspecified atom stereocenters. The molecule has 0 radical (unpaired) electrons. The van der Waals surface area contributed by atoms with Crippen molar-refractivity contribution < 1.29 is 5.11 Å². The topological polar surface area (TPSA) is 20.2 Å². The fourth-order valence-corrected chi connectivity index (χ4v) is 5.44. The van der Waals surface area contributed by atoms with Crippen LogP contribution in [0, 0.1) is 0 Å². The van der Waals surface area contributed by atoms with Crippen molar-refractivity contribution in [3.63, 3.8) is 0 Å². The Bertz CT molecular complexity index is 262. The van der Waals surface area contributed by atoms with E-state index in [0.29, 0.717) is 5.75 Å². The number of rotatable bonds is 1. The van der Waals surface area contributed by atoms with Gasteiger partial charge in [-0.3, -0.25) is 0 Å². The molecule has 1 nitrogen and oxygen atoms in total. The van der Waals surface area contributed by atoms with Crippen molar-refractivity contribution >= 4 is 14.0 Å². The molecule has 2 rings (SSSR count). The summed E-state index contributed by atoms with van der Waals surface area (Å²) in [5.41, 5.74) is 0. The van der Waals surface area contributed by atoms with Gasteiger partial charge in [0.15, 0.2) is 0 Å². The van der Waals surface area contributed by atoms with Gasteiger partial charge in [-0.05, 0) is 12.1 Å². The van der Waals surface area contributed by atoms with Crippen molar-refractivity contribution in [2.24, 2.45) is 0 Å². The summed E-state index contributed by atoms with van der Waals surface area (Å²) in [5.74, 6) is 0.397. The molecule has 0 bridgehead atoms. The van der Waals surface area contributed by atoms with Crippen molar-refractivity contribution in [3.8, 4) is 5.75 Å². The molecule has 0 atom stereocenters. The van der Waals surface area contributed by atoms with Gasteiger partial charge in [0.2, 0.25) is 0 Å². The summed E-state index contributed by atoms with van der Waals surface area (Å²) < 4.78 is 0. The summed E-state index contributed by atoms with van der Waals surface area (Å²) in [5, 5.41) is 10.7. The first-order valence-electron chi connectivity index (χ1n) is 5.15. The minimum Gasteiger partial charge on any atom is -0.508 e. The van der Waals surface area contributed by atoms with Crippen LogP contribution in [0.15, 0.2) is 24.3 Å². The van der Waals surface area contributed by atoms with Gasteiger partial charge in [0, 0.05) is 0 Å². The van der Waals surface area contributed by atoms with E-state index in [0.717, 1.165) is 0 Å². The predicted molar refractivity (Wildman–Crippen MR) is 58.4 cm³/mol. The van der Waals surface area contributed by atoms with Crippen molar-refractivity contribution in [1.82, 2.24) is 0 Å². The Kier molecular flexibility index (Phi) is 2.69. The minimum absolute atomic E-state index is 0.397. The lowest BCUT2D eigenvalue weighted by Crippen LogP contribution is -2.31. The third-order valence-corrected chi connectivity index (χ3v) is 6.51. The first kappa shape index (κ1) is 8.82. The quantitative estimate of drug-likeness (QED) is 0.675. The maximum absolute atomic E-state index is 9.17. The van der Waals surface area contributed by atoms with Crippen LogP contribution in [0.3, 0.4) is 0 Å². The van der Waals surface area contributed by atoms with E-state index in [1.165, 1.54) is 36.5 Å². The molecular formula is C11H16OSi. The van der Waals surface area contributed by atoms with Crippen LogP contribution in [0.5, 0.6) is 5.75 Å². The van der Waals surface area contributed by atoms with Gasteiger partial charge in [-0.2, -0.15) is 0 Å². The van der Waals surface area contributed by atoms with Gasteiger partial charge in [0.25, 0.3) is 0 Å². The molecule has 2 heteroatoms. The van der Waals surface area contributed by atoms with Gasteiger partial charge >= 0.3 is 0 Å². The van der Waals surface area contributed by atoms with Gasteiger partial charge in [0.05, 0.1) is 8.80 Å². The molecule has 70 valence electrons. The van der Waals surface area contributed by atoms with Crippen molar-refractivity contribution in [2.45, 2.75) is 31.4 Å². The Balaban J connectivity index is 2.10. The second-order valence-corrected chi connectivity index (χ2v) is 7.14. The fourth-order valence-electron chi connectivity index (χ4n) is 2.18. The number of hydrogen-bond acceptors (Lipinski definition) is 1. The third kappa shape index (κ3) is 2.13. The van der Waals surface area contributed by atoms with Gasteiger partial charge in [-0.1, -0.05) is 48.7 Å². The Hall–Kier alpha value is -0.763. The van der Waals surface area contributed by atoms with Crippen LogP contribution in [0.1, 0.15) is 19.3 Å². The van der Waals surface area contributed by atoms with Crippen LogP contribution in [0.4, 0.5) is 0 Å². The van der Waals surface area contributed by atoms with E-state index < -0.39 is 8.80 Å². The number of benzene rings is 1. The average Bonchev–Trinajstić information content (AvgIpc) is 2.20. The lowest BCUT2D eigenvalue weighted by Gasteiger charge is -2.20. The molecule has 1 aromatic carbocycles. The van der Waals surface area contributed by atoms with Crippen molar-refractivity contribution in [2.75, 3.05) is 0 Å². The van der Waals surface area contributed by atoms with E-state index in [9.17, 15) is 5.11 Å². The molecule has 1 heterocycles. The van der Waals surface area contributed by atoms with E-state index in [-0.39, 0.29) is 0 Å². The van der Waals surface area contributed by atoms with Crippen LogP contribution in [-0.4, -0.2) is 13.9 Å². The Morgan fingerprint density at radius 1 is 0.923 bits per heavy atom. The highest BCUT2D eigenvalue weighted by Crippen LogP contribution is 2.19. The standard InChI is InChI=1S/C11H16OSi/c12-10-4-6-11(7-5-10)13-8-2-1-3-9-13/h4-7,12-13H,1-3,8-9H2. The van der Waals surface area contributed by atoms with Crippen LogP contribution >= 0.6 is 0 Å². The van der Waals surface area contributed by atoms with Crippen LogP contribution in [0.25, 0.3) is 0 Å². The van der Waals surface area contributed by atoms with Gasteiger partial charge < -0.3 is 5.11 Å². The van der Waals surface area contributed by atoms with E-state index in [2.05, 4.69) is 12.1 Å². The molecule has 1 aliphatic rings. The van der Waals surface area contributed by atoms with E-state index >= 15 is 0 Å². The fraction of sp³-hybridized carbons (Fsp3) is 0.455. The summed E-state index contributed by atoms with van der Waals surface area (Å²) in [6.45, 7) is 0. The molecule has 0 saturated carbocycles. The minimum atomic E-state index is -0.616. The highest BCUT2D eigenvalue weighted by Gasteiger charge is 2.16. The van der Waals surface area contributed by atoms with E-state index in [1.807, 2.05) is 12.1 Å². The van der Waals surface area contributed by atoms with Crippen LogP contribution in [-0.2, 0) is 0 Å². The smallest absolute Gasteiger partial charge is 0.115 e. The molecule has 1 aromatic rings. The van der Waals surface area contributed by atoms with Gasteiger partial charge in [0.1, 0.15) is 5.75 Å². The molecule has 1 aliphatic heterocycles. The first-order valence-corrected chi connectivity index (χ1v) is 7.36. The predicted octanol–water partition coefficient (Wildman–Crippen LogP) is 2.01. The molecular weight excluding hydrogens is 176 g/mol. The molecule has 1 saturated heterocycles. The Labute approximate surface area is 81.0 Å². The number of aromatic hydroxyl groups is 1. The largest absolute Gasteiger partial charge is 0.508 e. The molecule has 1 fully saturated rings. The lowest BCUT2D eigenvalue weighted by molar-refractivity contribution is 0.475. The highest BCUT2D eigenvalue weighted by molar-refractivity contribution is 6.73. The number of hydrogen-bond donors (Lipinski definition) is 1. The van der Waals surface area contributed by atoms with Crippen LogP contribution < -0.4 is 5.19 Å². The molecule has 1 N–H and O–H groups in total. The third-order valence-electron chi connectivity index (χ3n) is 2.97. The SMILES string of the molecule is Oc1ccc([SiH]2CCCCC2)cc1. The second-order valence-electron chi connectivity index (χ2n) is 3.93. The zero-order chi connectivity index (χ0) is 9.10. The normalized spacial score (nSPS) is 18.8. The molecule has 13 heavy (non-hydrogen) atoms. The average molecular weight is 192 g/mol. The second kappa shape index (κ2) is 3.96. The zero-order valence-electron chi connectivity index (χ0n) is 7.87. The monoisotopic (exact) mass is 192 g/mol. The summed E-state index contributed by atoms with van der Waals surface area (Å²) >= 11 is 0. The zero-order valence-corrected chi connectivity index (χ0v) is 9.02. The number of phenolic OH excluding ortho intramolecular Hbond substituents is 1. The van der Waals surface area contributed by atoms with Crippen molar-refractivity contribution in [3.05, 3.63) is 24.3 Å². The summed E-state index contributed by atoms with van der Waals surface area (Å²) in [4.78, 5) is 0. The molecule has 0 aliphatic carbocycles. The summed E-state index contributed by atoms with van der Waals surface area (Å²) in [6.07, 6.45) is 4.29. The van der Waals surface area contributed by atoms with Crippen LogP contribution in [0.2, 0.25) is 12.1 Å². The lowest BCUT2D eigenvalue weighted by atomic mass is 10.3. The highest BCUT2D eigenvalue weighted by atomic mass is 28.3. The van der Waals surface area contributed by atoms with Gasteiger partial charge in [-0.25, -0.2) is 0 Å². The summed E-state index contributed by atoms with van der Waals surface area (Å²) in [7, 11) is -0.616. The Morgan fingerprint density at radius 3 is 2.15 bits per heavy atom. The Morgan fingerprint density at radius 2 is 1.54 bits per heavy atom. The molecule has 0 amide bonds. The first-order chi connectivity index (χ1) is 6.36.